The van der Waals surface area contributed by atoms with Crippen molar-refractivity contribution in [3.05, 3.63) is 64.6 Å². The molecule has 0 aliphatic carbocycles. The molecule has 2 aromatic rings. The van der Waals surface area contributed by atoms with Gasteiger partial charge in [0.05, 0.1) is 13.0 Å². The number of rotatable bonds is 6. The molecule has 0 aromatic heterocycles. The fourth-order valence-corrected chi connectivity index (χ4v) is 2.18. The molecule has 21 heavy (non-hydrogen) atoms. The number of halogens is 1. The van der Waals surface area contributed by atoms with Gasteiger partial charge in [-0.25, -0.2) is 0 Å². The Kier molecular flexibility index (Phi) is 5.81. The molecule has 4 heteroatoms. The van der Waals surface area contributed by atoms with Gasteiger partial charge in [0.1, 0.15) is 5.75 Å². The number of benzene rings is 2. The monoisotopic (exact) mass is 347 g/mol. The van der Waals surface area contributed by atoms with Gasteiger partial charge in [0.2, 0.25) is 5.91 Å². The molecule has 0 spiro atoms. The molecule has 0 aliphatic heterocycles. The van der Waals surface area contributed by atoms with Crippen molar-refractivity contribution in [3.63, 3.8) is 0 Å². The highest BCUT2D eigenvalue weighted by molar-refractivity contribution is 9.10. The van der Waals surface area contributed by atoms with E-state index >= 15 is 0 Å². The molecule has 0 aliphatic rings. The smallest absolute Gasteiger partial charge is 0.226 e. The second kappa shape index (κ2) is 7.84. The highest BCUT2D eigenvalue weighted by Crippen LogP contribution is 2.12. The lowest BCUT2D eigenvalue weighted by Crippen LogP contribution is -2.27. The Morgan fingerprint density at radius 3 is 2.43 bits per heavy atom. The van der Waals surface area contributed by atoms with Crippen LogP contribution < -0.4 is 4.74 Å². The third kappa shape index (κ3) is 5.23. The van der Waals surface area contributed by atoms with Crippen molar-refractivity contribution in [2.45, 2.75) is 13.0 Å². The van der Waals surface area contributed by atoms with Gasteiger partial charge in [0.15, 0.2) is 0 Å². The number of amides is 1. The van der Waals surface area contributed by atoms with E-state index in [0.29, 0.717) is 19.6 Å². The van der Waals surface area contributed by atoms with Crippen LogP contribution in [-0.4, -0.2) is 24.5 Å². The molecule has 0 heterocycles. The van der Waals surface area contributed by atoms with Crippen LogP contribution in [0.5, 0.6) is 5.75 Å². The number of hydrogen-bond acceptors (Lipinski definition) is 2. The summed E-state index contributed by atoms with van der Waals surface area (Å²) < 4.78 is 6.58. The quantitative estimate of drug-likeness (QED) is 0.793. The zero-order valence-corrected chi connectivity index (χ0v) is 13.5. The molecule has 3 nitrogen and oxygen atoms in total. The first-order chi connectivity index (χ1) is 10.1. The Morgan fingerprint density at radius 2 is 1.76 bits per heavy atom. The minimum Gasteiger partial charge on any atom is -0.493 e. The van der Waals surface area contributed by atoms with Crippen molar-refractivity contribution < 1.29 is 9.53 Å². The van der Waals surface area contributed by atoms with Crippen LogP contribution in [0.25, 0.3) is 0 Å². The van der Waals surface area contributed by atoms with Crippen LogP contribution in [-0.2, 0) is 11.3 Å². The fourth-order valence-electron chi connectivity index (χ4n) is 1.92. The second-order valence-corrected chi connectivity index (χ2v) is 5.70. The van der Waals surface area contributed by atoms with E-state index in [-0.39, 0.29) is 5.91 Å². The SMILES string of the molecule is CN(Cc1ccc(Br)cc1)C(=O)CCOc1ccccc1. The molecule has 110 valence electrons. The van der Waals surface area contributed by atoms with Crippen molar-refractivity contribution in [2.24, 2.45) is 0 Å². The summed E-state index contributed by atoms with van der Waals surface area (Å²) in [6, 6.07) is 17.5. The first-order valence-electron chi connectivity index (χ1n) is 6.81. The van der Waals surface area contributed by atoms with Gasteiger partial charge in [-0.15, -0.1) is 0 Å². The van der Waals surface area contributed by atoms with E-state index < -0.39 is 0 Å². The molecule has 0 unspecified atom stereocenters. The number of hydrogen-bond donors (Lipinski definition) is 0. The predicted molar refractivity (Wildman–Crippen MR) is 87.2 cm³/mol. The summed E-state index contributed by atoms with van der Waals surface area (Å²) in [7, 11) is 1.81. The van der Waals surface area contributed by atoms with Crippen molar-refractivity contribution in [1.29, 1.82) is 0 Å². The predicted octanol–water partition coefficient (Wildman–Crippen LogP) is 3.88. The van der Waals surface area contributed by atoms with Crippen LogP contribution in [0.1, 0.15) is 12.0 Å². The molecule has 0 saturated heterocycles. The summed E-state index contributed by atoms with van der Waals surface area (Å²) >= 11 is 3.40. The maximum absolute atomic E-state index is 12.0. The minimum atomic E-state index is 0.0776. The molecular formula is C17H18BrNO2. The van der Waals surface area contributed by atoms with Crippen LogP contribution in [0, 0.1) is 0 Å². The van der Waals surface area contributed by atoms with Gasteiger partial charge in [-0.2, -0.15) is 0 Å². The zero-order chi connectivity index (χ0) is 15.1. The lowest BCUT2D eigenvalue weighted by molar-refractivity contribution is -0.130. The van der Waals surface area contributed by atoms with Crippen LogP contribution in [0.4, 0.5) is 0 Å². The van der Waals surface area contributed by atoms with Gasteiger partial charge >= 0.3 is 0 Å². The molecule has 0 radical (unpaired) electrons. The molecule has 0 bridgehead atoms. The Morgan fingerprint density at radius 1 is 1.10 bits per heavy atom. The summed E-state index contributed by atoms with van der Waals surface area (Å²) in [5.41, 5.74) is 1.11. The van der Waals surface area contributed by atoms with Gasteiger partial charge in [0.25, 0.3) is 0 Å². The maximum atomic E-state index is 12.0. The van der Waals surface area contributed by atoms with E-state index in [9.17, 15) is 4.79 Å². The van der Waals surface area contributed by atoms with Gasteiger partial charge in [0, 0.05) is 18.1 Å². The number of carbonyl (C=O) groups excluding carboxylic acids is 1. The molecule has 0 saturated carbocycles. The number of carbonyl (C=O) groups is 1. The van der Waals surface area contributed by atoms with Gasteiger partial charge < -0.3 is 9.64 Å². The summed E-state index contributed by atoms with van der Waals surface area (Å²) in [5, 5.41) is 0. The highest BCUT2D eigenvalue weighted by atomic mass is 79.9. The van der Waals surface area contributed by atoms with E-state index in [1.807, 2.05) is 61.6 Å². The maximum Gasteiger partial charge on any atom is 0.226 e. The minimum absolute atomic E-state index is 0.0776. The average molecular weight is 348 g/mol. The van der Waals surface area contributed by atoms with Crippen molar-refractivity contribution in [3.8, 4) is 5.75 Å². The van der Waals surface area contributed by atoms with E-state index in [0.717, 1.165) is 15.8 Å². The van der Waals surface area contributed by atoms with E-state index in [1.165, 1.54) is 0 Å². The average Bonchev–Trinajstić information content (AvgIpc) is 2.50. The molecule has 2 rings (SSSR count). The highest BCUT2D eigenvalue weighted by Gasteiger charge is 2.09. The summed E-state index contributed by atoms with van der Waals surface area (Å²) in [6.07, 6.45) is 0.377. The van der Waals surface area contributed by atoms with Crippen molar-refractivity contribution in [1.82, 2.24) is 4.90 Å². The number of para-hydroxylation sites is 1. The molecule has 1 amide bonds. The first-order valence-corrected chi connectivity index (χ1v) is 7.61. The Bertz CT molecular complexity index is 569. The number of ether oxygens (including phenoxy) is 1. The Hall–Kier alpha value is -1.81. The second-order valence-electron chi connectivity index (χ2n) is 4.79. The van der Waals surface area contributed by atoms with E-state index in [1.54, 1.807) is 4.90 Å². The van der Waals surface area contributed by atoms with Crippen LogP contribution >= 0.6 is 15.9 Å². The summed E-state index contributed by atoms with van der Waals surface area (Å²) in [6.45, 7) is 1.00. The standard InChI is InChI=1S/C17H18BrNO2/c1-19(13-14-7-9-15(18)10-8-14)17(20)11-12-21-16-5-3-2-4-6-16/h2-10H,11-13H2,1H3. The lowest BCUT2D eigenvalue weighted by Gasteiger charge is -2.17. The van der Waals surface area contributed by atoms with Gasteiger partial charge in [-0.1, -0.05) is 46.3 Å². The lowest BCUT2D eigenvalue weighted by atomic mass is 10.2. The molecule has 0 atom stereocenters. The van der Waals surface area contributed by atoms with Crippen LogP contribution in [0.15, 0.2) is 59.1 Å². The fraction of sp³-hybridized carbons (Fsp3) is 0.235. The third-order valence-corrected chi connectivity index (χ3v) is 3.62. The molecular weight excluding hydrogens is 330 g/mol. The zero-order valence-electron chi connectivity index (χ0n) is 12.0. The van der Waals surface area contributed by atoms with Crippen LogP contribution in [0.2, 0.25) is 0 Å². The number of nitrogens with zero attached hydrogens (tertiary/aromatic N) is 1. The van der Waals surface area contributed by atoms with Crippen molar-refractivity contribution >= 4 is 21.8 Å². The Labute approximate surface area is 133 Å². The van der Waals surface area contributed by atoms with Crippen molar-refractivity contribution in [2.75, 3.05) is 13.7 Å². The largest absolute Gasteiger partial charge is 0.493 e. The van der Waals surface area contributed by atoms with E-state index in [2.05, 4.69) is 15.9 Å². The summed E-state index contributed by atoms with van der Waals surface area (Å²) in [4.78, 5) is 13.8. The van der Waals surface area contributed by atoms with E-state index in [4.69, 9.17) is 4.74 Å². The molecule has 0 fully saturated rings. The Balaban J connectivity index is 1.76. The summed E-state index contributed by atoms with van der Waals surface area (Å²) in [5.74, 6) is 0.870. The third-order valence-electron chi connectivity index (χ3n) is 3.09. The topological polar surface area (TPSA) is 29.5 Å². The van der Waals surface area contributed by atoms with Crippen LogP contribution in [0.3, 0.4) is 0 Å². The molecule has 0 N–H and O–H groups in total. The molecule has 2 aromatic carbocycles. The normalized spacial score (nSPS) is 10.2. The van der Waals surface area contributed by atoms with Gasteiger partial charge in [-0.3, -0.25) is 4.79 Å². The first kappa shape index (κ1) is 15.6. The van der Waals surface area contributed by atoms with Gasteiger partial charge in [-0.05, 0) is 29.8 Å².